The first kappa shape index (κ1) is 13.5. The number of H-pyrrole nitrogens is 1. The van der Waals surface area contributed by atoms with Crippen LogP contribution in [0.25, 0.3) is 27.6 Å². The third-order valence-electron chi connectivity index (χ3n) is 3.91. The molecule has 2 aromatic heterocycles. The number of carbonyl (C=O) groups is 1. The number of para-hydroxylation sites is 1. The summed E-state index contributed by atoms with van der Waals surface area (Å²) in [5.41, 5.74) is 3.30. The lowest BCUT2D eigenvalue weighted by Crippen LogP contribution is -2.15. The van der Waals surface area contributed by atoms with Crippen molar-refractivity contribution < 1.29 is 9.53 Å². The Morgan fingerprint density at radius 2 is 2.09 bits per heavy atom. The first-order valence-corrected chi connectivity index (χ1v) is 7.16. The van der Waals surface area contributed by atoms with Gasteiger partial charge in [0, 0.05) is 5.39 Å². The maximum atomic E-state index is 12.4. The van der Waals surface area contributed by atoms with Crippen LogP contribution in [0.4, 0.5) is 0 Å². The Hall–Kier alpha value is -3.15. The zero-order valence-corrected chi connectivity index (χ0v) is 12.4. The van der Waals surface area contributed by atoms with E-state index in [0.29, 0.717) is 16.7 Å². The number of rotatable bonds is 2. The molecule has 23 heavy (non-hydrogen) atoms. The van der Waals surface area contributed by atoms with Crippen molar-refractivity contribution in [3.05, 3.63) is 58.5 Å². The highest BCUT2D eigenvalue weighted by atomic mass is 16.5. The molecule has 1 N–H and O–H groups in total. The van der Waals surface area contributed by atoms with Gasteiger partial charge in [0.25, 0.3) is 0 Å². The summed E-state index contributed by atoms with van der Waals surface area (Å²) >= 11 is 0. The van der Waals surface area contributed by atoms with Gasteiger partial charge in [-0.2, -0.15) is 0 Å². The Morgan fingerprint density at radius 1 is 1.26 bits per heavy atom. The molecule has 0 bridgehead atoms. The normalized spacial score (nSPS) is 11.3. The molecule has 0 atom stereocenters. The monoisotopic (exact) mass is 307 g/mol. The minimum Gasteiger partial charge on any atom is -0.469 e. The van der Waals surface area contributed by atoms with Gasteiger partial charge < -0.3 is 9.72 Å². The summed E-state index contributed by atoms with van der Waals surface area (Å²) in [6.07, 6.45) is 0.178. The lowest BCUT2D eigenvalue weighted by atomic mass is 10.1. The van der Waals surface area contributed by atoms with E-state index in [2.05, 4.69) is 14.7 Å². The van der Waals surface area contributed by atoms with Crippen LogP contribution in [0.1, 0.15) is 5.56 Å². The van der Waals surface area contributed by atoms with E-state index < -0.39 is 0 Å². The molecule has 2 aromatic carbocycles. The van der Waals surface area contributed by atoms with E-state index in [1.807, 2.05) is 36.4 Å². The van der Waals surface area contributed by atoms with E-state index in [1.54, 1.807) is 10.5 Å². The molecule has 114 valence electrons. The summed E-state index contributed by atoms with van der Waals surface area (Å²) in [7, 11) is 1.36. The summed E-state index contributed by atoms with van der Waals surface area (Å²) < 4.78 is 6.24. The van der Waals surface area contributed by atoms with Crippen LogP contribution < -0.4 is 5.69 Å². The van der Waals surface area contributed by atoms with Crippen molar-refractivity contribution in [1.29, 1.82) is 0 Å². The van der Waals surface area contributed by atoms with Crippen LogP contribution in [0.3, 0.4) is 0 Å². The second-order valence-electron chi connectivity index (χ2n) is 5.32. The Morgan fingerprint density at radius 3 is 2.91 bits per heavy atom. The fourth-order valence-electron chi connectivity index (χ4n) is 2.82. The standard InChI is InChI=1S/C17H13N3O3/c1-23-15(21)9-10-6-7-14-13(8-10)18-16-11-4-2-3-5-12(11)19-17(22)20(14)16/h2-8H,9H2,1H3,(H,19,22). The molecule has 0 saturated heterocycles. The highest BCUT2D eigenvalue weighted by Crippen LogP contribution is 2.22. The van der Waals surface area contributed by atoms with Crippen LogP contribution >= 0.6 is 0 Å². The van der Waals surface area contributed by atoms with Crippen LogP contribution in [0.2, 0.25) is 0 Å². The molecule has 0 fully saturated rings. The largest absolute Gasteiger partial charge is 0.469 e. The minimum absolute atomic E-state index is 0.178. The van der Waals surface area contributed by atoms with E-state index in [0.717, 1.165) is 16.5 Å². The molecule has 6 nitrogen and oxygen atoms in total. The van der Waals surface area contributed by atoms with Crippen molar-refractivity contribution in [2.45, 2.75) is 6.42 Å². The van der Waals surface area contributed by atoms with E-state index in [-0.39, 0.29) is 18.1 Å². The van der Waals surface area contributed by atoms with Crippen molar-refractivity contribution in [2.75, 3.05) is 7.11 Å². The van der Waals surface area contributed by atoms with Crippen molar-refractivity contribution in [2.24, 2.45) is 0 Å². The number of methoxy groups -OCH3 is 1. The van der Waals surface area contributed by atoms with E-state index in [4.69, 9.17) is 0 Å². The van der Waals surface area contributed by atoms with Crippen molar-refractivity contribution in [3.8, 4) is 0 Å². The Bertz CT molecular complexity index is 1120. The van der Waals surface area contributed by atoms with Crippen LogP contribution in [-0.2, 0) is 16.0 Å². The molecule has 0 aliphatic rings. The molecule has 2 heterocycles. The van der Waals surface area contributed by atoms with Gasteiger partial charge in [-0.25, -0.2) is 14.2 Å². The van der Waals surface area contributed by atoms with Gasteiger partial charge in [-0.05, 0) is 29.8 Å². The van der Waals surface area contributed by atoms with Crippen LogP contribution in [0, 0.1) is 0 Å². The Balaban J connectivity index is 2.03. The lowest BCUT2D eigenvalue weighted by Gasteiger charge is -2.01. The zero-order chi connectivity index (χ0) is 16.0. The molecular weight excluding hydrogens is 294 g/mol. The van der Waals surface area contributed by atoms with Gasteiger partial charge in [-0.1, -0.05) is 18.2 Å². The van der Waals surface area contributed by atoms with E-state index in [9.17, 15) is 9.59 Å². The van der Waals surface area contributed by atoms with Gasteiger partial charge >= 0.3 is 11.7 Å². The molecule has 0 aliphatic heterocycles. The topological polar surface area (TPSA) is 76.5 Å². The quantitative estimate of drug-likeness (QED) is 0.575. The number of aromatic nitrogens is 3. The molecular formula is C17H13N3O3. The predicted molar refractivity (Wildman–Crippen MR) is 86.5 cm³/mol. The smallest absolute Gasteiger partial charge is 0.332 e. The molecule has 0 amide bonds. The van der Waals surface area contributed by atoms with Crippen molar-refractivity contribution in [1.82, 2.24) is 14.4 Å². The summed E-state index contributed by atoms with van der Waals surface area (Å²) in [4.78, 5) is 31.2. The number of ether oxygens (including phenoxy) is 1. The number of carbonyl (C=O) groups excluding carboxylic acids is 1. The number of nitrogens with one attached hydrogen (secondary N) is 1. The maximum absolute atomic E-state index is 12.4. The second kappa shape index (κ2) is 4.95. The molecule has 0 aliphatic carbocycles. The average Bonchev–Trinajstić information content (AvgIpc) is 2.94. The van der Waals surface area contributed by atoms with Gasteiger partial charge in [0.1, 0.15) is 0 Å². The lowest BCUT2D eigenvalue weighted by molar-refractivity contribution is -0.139. The van der Waals surface area contributed by atoms with Crippen molar-refractivity contribution in [3.63, 3.8) is 0 Å². The summed E-state index contributed by atoms with van der Waals surface area (Å²) in [6, 6.07) is 13.0. The second-order valence-corrected chi connectivity index (χ2v) is 5.32. The molecule has 0 unspecified atom stereocenters. The number of benzene rings is 2. The van der Waals surface area contributed by atoms with E-state index in [1.165, 1.54) is 7.11 Å². The first-order valence-electron chi connectivity index (χ1n) is 7.16. The number of nitrogens with zero attached hydrogens (tertiary/aromatic N) is 2. The van der Waals surface area contributed by atoms with E-state index >= 15 is 0 Å². The third-order valence-corrected chi connectivity index (χ3v) is 3.91. The molecule has 0 saturated carbocycles. The average molecular weight is 307 g/mol. The van der Waals surface area contributed by atoms with Gasteiger partial charge in [-0.3, -0.25) is 4.79 Å². The SMILES string of the molecule is COC(=O)Cc1ccc2c(c1)nc1c3ccccc3[nH]c(=O)n21. The fraction of sp³-hybridized carbons (Fsp3) is 0.118. The summed E-state index contributed by atoms with van der Waals surface area (Å²) in [5.74, 6) is -0.309. The van der Waals surface area contributed by atoms with Crippen molar-refractivity contribution >= 4 is 33.6 Å². The number of fused-ring (bicyclic) bond motifs is 5. The first-order chi connectivity index (χ1) is 11.2. The van der Waals surface area contributed by atoms with Gasteiger partial charge in [0.15, 0.2) is 5.65 Å². The highest BCUT2D eigenvalue weighted by molar-refractivity contribution is 5.96. The Kier molecular flexibility index (Phi) is 2.90. The molecule has 0 radical (unpaired) electrons. The number of esters is 1. The van der Waals surface area contributed by atoms with Gasteiger partial charge in [-0.15, -0.1) is 0 Å². The van der Waals surface area contributed by atoms with Crippen LogP contribution in [-0.4, -0.2) is 27.4 Å². The molecule has 4 aromatic rings. The van der Waals surface area contributed by atoms with Gasteiger partial charge in [0.05, 0.1) is 30.1 Å². The number of imidazole rings is 1. The third kappa shape index (κ3) is 2.07. The van der Waals surface area contributed by atoms with Gasteiger partial charge in [0.2, 0.25) is 0 Å². The summed E-state index contributed by atoms with van der Waals surface area (Å²) in [6.45, 7) is 0. The molecule has 0 spiro atoms. The van der Waals surface area contributed by atoms with Crippen LogP contribution in [0.15, 0.2) is 47.3 Å². The minimum atomic E-state index is -0.309. The fourth-order valence-corrected chi connectivity index (χ4v) is 2.82. The number of hydrogen-bond acceptors (Lipinski definition) is 4. The number of aromatic amines is 1. The highest BCUT2D eigenvalue weighted by Gasteiger charge is 2.12. The molecule has 6 heteroatoms. The predicted octanol–water partition coefficient (Wildman–Crippen LogP) is 2.04. The maximum Gasteiger partial charge on any atom is 0.332 e. The molecule has 4 rings (SSSR count). The Labute approximate surface area is 130 Å². The number of hydrogen-bond donors (Lipinski definition) is 1. The van der Waals surface area contributed by atoms with Crippen LogP contribution in [0.5, 0.6) is 0 Å². The summed E-state index contributed by atoms with van der Waals surface area (Å²) in [5, 5.41) is 0.873. The zero-order valence-electron chi connectivity index (χ0n) is 12.4.